The van der Waals surface area contributed by atoms with Crippen molar-refractivity contribution in [2.75, 3.05) is 5.32 Å². The van der Waals surface area contributed by atoms with Crippen molar-refractivity contribution >= 4 is 27.6 Å². The summed E-state index contributed by atoms with van der Waals surface area (Å²) in [7, 11) is 0. The molecule has 4 heteroatoms. The largest absolute Gasteiger partial charge is 0.478 e. The van der Waals surface area contributed by atoms with Crippen LogP contribution in [0.2, 0.25) is 0 Å². The van der Waals surface area contributed by atoms with Crippen molar-refractivity contribution in [2.45, 2.75) is 24.8 Å². The van der Waals surface area contributed by atoms with Crippen LogP contribution in [0.25, 0.3) is 0 Å². The molecule has 0 spiro atoms. The molecular formula is C17H16BrNO2. The van der Waals surface area contributed by atoms with Crippen LogP contribution in [0.4, 0.5) is 5.69 Å². The number of carboxylic acid groups (broad SMARTS) is 1. The minimum Gasteiger partial charge on any atom is -0.478 e. The van der Waals surface area contributed by atoms with E-state index in [0.717, 1.165) is 23.0 Å². The molecule has 1 fully saturated rings. The summed E-state index contributed by atoms with van der Waals surface area (Å²) in [6.45, 7) is 0. The number of carbonyl (C=O) groups is 1. The van der Waals surface area contributed by atoms with Crippen molar-refractivity contribution in [3.05, 3.63) is 64.1 Å². The Morgan fingerprint density at radius 3 is 2.62 bits per heavy atom. The zero-order valence-corrected chi connectivity index (χ0v) is 13.0. The van der Waals surface area contributed by atoms with Gasteiger partial charge in [-0.3, -0.25) is 0 Å². The summed E-state index contributed by atoms with van der Waals surface area (Å²) >= 11 is 3.50. The predicted molar refractivity (Wildman–Crippen MR) is 86.9 cm³/mol. The average molecular weight is 346 g/mol. The number of rotatable bonds is 4. The van der Waals surface area contributed by atoms with Gasteiger partial charge >= 0.3 is 5.97 Å². The number of hydrogen-bond acceptors (Lipinski definition) is 2. The molecule has 0 aromatic heterocycles. The molecule has 0 amide bonds. The zero-order valence-electron chi connectivity index (χ0n) is 11.4. The molecule has 3 nitrogen and oxygen atoms in total. The van der Waals surface area contributed by atoms with Crippen molar-refractivity contribution in [1.82, 2.24) is 0 Å². The second-order valence-electron chi connectivity index (χ2n) is 5.45. The third kappa shape index (κ3) is 3.27. The van der Waals surface area contributed by atoms with E-state index in [-0.39, 0.29) is 0 Å². The van der Waals surface area contributed by atoms with E-state index in [1.54, 1.807) is 18.2 Å². The summed E-state index contributed by atoms with van der Waals surface area (Å²) in [4.78, 5) is 11.0. The van der Waals surface area contributed by atoms with Gasteiger partial charge in [0.15, 0.2) is 0 Å². The molecule has 0 heterocycles. The van der Waals surface area contributed by atoms with Gasteiger partial charge in [-0.05, 0) is 54.7 Å². The van der Waals surface area contributed by atoms with Gasteiger partial charge in [-0.1, -0.05) is 34.1 Å². The van der Waals surface area contributed by atoms with Crippen LogP contribution in [0.1, 0.15) is 34.7 Å². The highest BCUT2D eigenvalue weighted by Crippen LogP contribution is 2.39. The standard InChI is InChI=1S/C17H16BrNO2/c18-14-5-1-3-11(7-14)13-9-16(10-13)19-15-6-2-4-12(8-15)17(20)21/h1-8,13,16,19H,9-10H2,(H,20,21). The smallest absolute Gasteiger partial charge is 0.335 e. The van der Waals surface area contributed by atoms with Crippen molar-refractivity contribution in [3.8, 4) is 0 Å². The fourth-order valence-electron chi connectivity index (χ4n) is 2.75. The highest BCUT2D eigenvalue weighted by molar-refractivity contribution is 9.10. The van der Waals surface area contributed by atoms with Gasteiger partial charge in [-0.15, -0.1) is 0 Å². The number of benzene rings is 2. The molecule has 0 aliphatic heterocycles. The molecule has 0 bridgehead atoms. The third-order valence-corrected chi connectivity index (χ3v) is 4.43. The lowest BCUT2D eigenvalue weighted by Crippen LogP contribution is -2.34. The van der Waals surface area contributed by atoms with Crippen LogP contribution in [-0.2, 0) is 0 Å². The number of anilines is 1. The Kier molecular flexibility index (Phi) is 3.97. The first kappa shape index (κ1) is 14.1. The Morgan fingerprint density at radius 2 is 1.90 bits per heavy atom. The van der Waals surface area contributed by atoms with Crippen molar-refractivity contribution < 1.29 is 9.90 Å². The minimum absolute atomic E-state index is 0.322. The van der Waals surface area contributed by atoms with E-state index >= 15 is 0 Å². The lowest BCUT2D eigenvalue weighted by molar-refractivity contribution is 0.0697. The highest BCUT2D eigenvalue weighted by atomic mass is 79.9. The first-order valence-electron chi connectivity index (χ1n) is 6.97. The van der Waals surface area contributed by atoms with Gasteiger partial charge in [0.1, 0.15) is 0 Å². The maximum absolute atomic E-state index is 11.0. The maximum atomic E-state index is 11.0. The summed E-state index contributed by atoms with van der Waals surface area (Å²) in [6, 6.07) is 15.8. The Labute approximate surface area is 132 Å². The van der Waals surface area contributed by atoms with E-state index in [2.05, 4.69) is 39.4 Å². The van der Waals surface area contributed by atoms with Crippen LogP contribution in [0.5, 0.6) is 0 Å². The Bertz CT molecular complexity index is 665. The predicted octanol–water partition coefficient (Wildman–Crippen LogP) is 4.51. The lowest BCUT2D eigenvalue weighted by atomic mass is 9.76. The van der Waals surface area contributed by atoms with E-state index in [4.69, 9.17) is 5.11 Å². The molecule has 2 N–H and O–H groups in total. The molecule has 0 radical (unpaired) electrons. The van der Waals surface area contributed by atoms with Crippen LogP contribution >= 0.6 is 15.9 Å². The lowest BCUT2D eigenvalue weighted by Gasteiger charge is -2.37. The Hall–Kier alpha value is -1.81. The number of nitrogens with one attached hydrogen (secondary N) is 1. The average Bonchev–Trinajstić information content (AvgIpc) is 2.42. The fraction of sp³-hybridized carbons (Fsp3) is 0.235. The van der Waals surface area contributed by atoms with Crippen LogP contribution in [0, 0.1) is 0 Å². The third-order valence-electron chi connectivity index (χ3n) is 3.94. The van der Waals surface area contributed by atoms with Crippen molar-refractivity contribution in [1.29, 1.82) is 0 Å². The number of aromatic carboxylic acids is 1. The number of halogens is 1. The molecular weight excluding hydrogens is 330 g/mol. The highest BCUT2D eigenvalue weighted by Gasteiger charge is 2.30. The first-order chi connectivity index (χ1) is 10.1. The summed E-state index contributed by atoms with van der Waals surface area (Å²) in [5.74, 6) is -0.304. The van der Waals surface area contributed by atoms with Crippen LogP contribution in [0.3, 0.4) is 0 Å². The van der Waals surface area contributed by atoms with Crippen molar-refractivity contribution in [3.63, 3.8) is 0 Å². The first-order valence-corrected chi connectivity index (χ1v) is 7.76. The van der Waals surface area contributed by atoms with Gasteiger partial charge < -0.3 is 10.4 Å². The second-order valence-corrected chi connectivity index (χ2v) is 6.37. The van der Waals surface area contributed by atoms with E-state index in [1.807, 2.05) is 12.1 Å². The van der Waals surface area contributed by atoms with E-state index < -0.39 is 5.97 Å². The van der Waals surface area contributed by atoms with E-state index in [9.17, 15) is 4.79 Å². The van der Waals surface area contributed by atoms with Gasteiger partial charge in [0.05, 0.1) is 5.56 Å². The monoisotopic (exact) mass is 345 g/mol. The van der Waals surface area contributed by atoms with Crippen LogP contribution in [-0.4, -0.2) is 17.1 Å². The molecule has 1 saturated carbocycles. The van der Waals surface area contributed by atoms with Crippen LogP contribution in [0.15, 0.2) is 53.0 Å². The molecule has 0 saturated heterocycles. The topological polar surface area (TPSA) is 49.3 Å². The molecule has 1 aliphatic carbocycles. The number of carboxylic acids is 1. The summed E-state index contributed by atoms with van der Waals surface area (Å²) in [5.41, 5.74) is 2.57. The molecule has 2 aromatic carbocycles. The second kappa shape index (κ2) is 5.90. The van der Waals surface area contributed by atoms with E-state index in [0.29, 0.717) is 17.5 Å². The molecule has 2 aromatic rings. The Morgan fingerprint density at radius 1 is 1.14 bits per heavy atom. The summed E-state index contributed by atoms with van der Waals surface area (Å²) < 4.78 is 1.12. The van der Waals surface area contributed by atoms with Crippen LogP contribution < -0.4 is 5.32 Å². The molecule has 108 valence electrons. The van der Waals surface area contributed by atoms with Gasteiger partial charge in [0, 0.05) is 16.2 Å². The fourth-order valence-corrected chi connectivity index (χ4v) is 3.16. The maximum Gasteiger partial charge on any atom is 0.335 e. The molecule has 21 heavy (non-hydrogen) atoms. The van der Waals surface area contributed by atoms with Gasteiger partial charge in [0.2, 0.25) is 0 Å². The number of hydrogen-bond donors (Lipinski definition) is 2. The minimum atomic E-state index is -0.890. The molecule has 0 atom stereocenters. The molecule has 1 aliphatic rings. The quantitative estimate of drug-likeness (QED) is 0.857. The molecule has 0 unspecified atom stereocenters. The van der Waals surface area contributed by atoms with Gasteiger partial charge in [-0.2, -0.15) is 0 Å². The molecule has 3 rings (SSSR count). The Balaban J connectivity index is 1.60. The summed E-state index contributed by atoms with van der Waals surface area (Å²) in [5, 5.41) is 12.4. The SMILES string of the molecule is O=C(O)c1cccc(NC2CC(c3cccc(Br)c3)C2)c1. The van der Waals surface area contributed by atoms with Gasteiger partial charge in [-0.25, -0.2) is 4.79 Å². The normalized spacial score (nSPS) is 20.6. The van der Waals surface area contributed by atoms with Crippen molar-refractivity contribution in [2.24, 2.45) is 0 Å². The zero-order chi connectivity index (χ0) is 14.8. The van der Waals surface area contributed by atoms with Gasteiger partial charge in [0.25, 0.3) is 0 Å². The summed E-state index contributed by atoms with van der Waals surface area (Å²) in [6.07, 6.45) is 2.15. The van der Waals surface area contributed by atoms with E-state index in [1.165, 1.54) is 5.56 Å².